The fraction of sp³-hybridized carbons (Fsp3) is 1.00. The second kappa shape index (κ2) is 8.97. The molecule has 0 aromatic carbocycles. The van der Waals surface area contributed by atoms with E-state index in [-0.39, 0.29) is 0 Å². The van der Waals surface area contributed by atoms with Crippen LogP contribution in [0.15, 0.2) is 0 Å². The first-order valence-electron chi connectivity index (χ1n) is 8.81. The third-order valence-corrected chi connectivity index (χ3v) is 5.03. The highest BCUT2D eigenvalue weighted by atomic mass is 15.1. The summed E-state index contributed by atoms with van der Waals surface area (Å²) < 4.78 is 0. The molecule has 1 atom stereocenters. The van der Waals surface area contributed by atoms with Crippen molar-refractivity contribution in [3.05, 3.63) is 0 Å². The molecule has 0 spiro atoms. The van der Waals surface area contributed by atoms with E-state index in [1.165, 1.54) is 90.5 Å². The SMILES string of the molecule is CCCN(CCC1CCCCC1)CC1CCCNC1. The lowest BCUT2D eigenvalue weighted by molar-refractivity contribution is 0.187. The zero-order valence-electron chi connectivity index (χ0n) is 13.0. The van der Waals surface area contributed by atoms with Gasteiger partial charge in [-0.15, -0.1) is 0 Å². The monoisotopic (exact) mass is 266 g/mol. The molecule has 0 aromatic heterocycles. The van der Waals surface area contributed by atoms with E-state index in [4.69, 9.17) is 0 Å². The number of nitrogens with zero attached hydrogens (tertiary/aromatic N) is 1. The van der Waals surface area contributed by atoms with E-state index in [0.717, 1.165) is 11.8 Å². The van der Waals surface area contributed by atoms with Crippen LogP contribution in [0.25, 0.3) is 0 Å². The Bertz CT molecular complexity index is 217. The van der Waals surface area contributed by atoms with Crippen LogP contribution in [0.4, 0.5) is 0 Å². The molecule has 0 aromatic rings. The Morgan fingerprint density at radius 3 is 2.42 bits per heavy atom. The molecule has 112 valence electrons. The van der Waals surface area contributed by atoms with Crippen LogP contribution in [-0.4, -0.2) is 37.6 Å². The summed E-state index contributed by atoms with van der Waals surface area (Å²) in [6.45, 7) is 8.83. The number of hydrogen-bond acceptors (Lipinski definition) is 2. The van der Waals surface area contributed by atoms with Gasteiger partial charge in [0.05, 0.1) is 0 Å². The molecule has 2 aliphatic rings. The zero-order valence-corrected chi connectivity index (χ0v) is 13.0. The third-order valence-electron chi connectivity index (χ3n) is 5.03. The summed E-state index contributed by atoms with van der Waals surface area (Å²) in [5.74, 6) is 1.95. The predicted molar refractivity (Wildman–Crippen MR) is 83.5 cm³/mol. The summed E-state index contributed by atoms with van der Waals surface area (Å²) >= 11 is 0. The summed E-state index contributed by atoms with van der Waals surface area (Å²) in [6, 6.07) is 0. The molecule has 2 rings (SSSR count). The van der Waals surface area contributed by atoms with E-state index < -0.39 is 0 Å². The molecule has 1 N–H and O–H groups in total. The lowest BCUT2D eigenvalue weighted by Gasteiger charge is -2.31. The van der Waals surface area contributed by atoms with Gasteiger partial charge in [0.15, 0.2) is 0 Å². The van der Waals surface area contributed by atoms with Crippen LogP contribution < -0.4 is 5.32 Å². The summed E-state index contributed by atoms with van der Waals surface area (Å²) in [7, 11) is 0. The number of hydrogen-bond donors (Lipinski definition) is 1. The van der Waals surface area contributed by atoms with E-state index in [1.54, 1.807) is 0 Å². The maximum atomic E-state index is 3.56. The molecule has 0 bridgehead atoms. The molecule has 19 heavy (non-hydrogen) atoms. The molecule has 1 aliphatic heterocycles. The van der Waals surface area contributed by atoms with E-state index in [2.05, 4.69) is 17.1 Å². The van der Waals surface area contributed by atoms with Crippen molar-refractivity contribution in [1.29, 1.82) is 0 Å². The second-order valence-corrected chi connectivity index (χ2v) is 6.81. The third kappa shape index (κ3) is 5.83. The first-order valence-corrected chi connectivity index (χ1v) is 8.81. The first-order chi connectivity index (χ1) is 9.38. The molecule has 1 heterocycles. The molecule has 1 saturated carbocycles. The van der Waals surface area contributed by atoms with E-state index in [1.807, 2.05) is 0 Å². The largest absolute Gasteiger partial charge is 0.316 e. The highest BCUT2D eigenvalue weighted by molar-refractivity contribution is 4.74. The molecule has 1 aliphatic carbocycles. The fourth-order valence-corrected chi connectivity index (χ4v) is 3.90. The second-order valence-electron chi connectivity index (χ2n) is 6.81. The lowest BCUT2D eigenvalue weighted by atomic mass is 9.87. The van der Waals surface area contributed by atoms with Crippen molar-refractivity contribution in [3.8, 4) is 0 Å². The van der Waals surface area contributed by atoms with Gasteiger partial charge in [0.25, 0.3) is 0 Å². The average Bonchev–Trinajstić information content (AvgIpc) is 2.47. The van der Waals surface area contributed by atoms with Crippen LogP contribution in [-0.2, 0) is 0 Å². The van der Waals surface area contributed by atoms with Crippen molar-refractivity contribution in [1.82, 2.24) is 10.2 Å². The van der Waals surface area contributed by atoms with Gasteiger partial charge in [-0.25, -0.2) is 0 Å². The molecule has 2 nitrogen and oxygen atoms in total. The van der Waals surface area contributed by atoms with Gasteiger partial charge in [0.2, 0.25) is 0 Å². The minimum atomic E-state index is 0.909. The van der Waals surface area contributed by atoms with Crippen LogP contribution in [0, 0.1) is 11.8 Å². The van der Waals surface area contributed by atoms with Crippen molar-refractivity contribution < 1.29 is 0 Å². The minimum absolute atomic E-state index is 0.909. The number of rotatable bonds is 7. The van der Waals surface area contributed by atoms with E-state index in [0.29, 0.717) is 0 Å². The summed E-state index contributed by atoms with van der Waals surface area (Å²) in [5.41, 5.74) is 0. The Balaban J connectivity index is 1.68. The number of nitrogens with one attached hydrogen (secondary N) is 1. The van der Waals surface area contributed by atoms with Gasteiger partial charge < -0.3 is 10.2 Å². The van der Waals surface area contributed by atoms with E-state index >= 15 is 0 Å². The summed E-state index contributed by atoms with van der Waals surface area (Å²) in [6.07, 6.45) is 13.1. The summed E-state index contributed by atoms with van der Waals surface area (Å²) in [5, 5.41) is 3.56. The molecular formula is C17H34N2. The smallest absolute Gasteiger partial charge is 0.00218 e. The maximum absolute atomic E-state index is 3.56. The van der Waals surface area contributed by atoms with Crippen molar-refractivity contribution in [2.75, 3.05) is 32.7 Å². The van der Waals surface area contributed by atoms with Gasteiger partial charge in [-0.05, 0) is 63.7 Å². The van der Waals surface area contributed by atoms with Gasteiger partial charge in [0.1, 0.15) is 0 Å². The Morgan fingerprint density at radius 2 is 1.74 bits per heavy atom. The standard InChI is InChI=1S/C17H34N2/c1-2-12-19(15-17-9-6-11-18-14-17)13-10-16-7-4-3-5-8-16/h16-18H,2-15H2,1H3. The Labute approximate surface area is 120 Å². The van der Waals surface area contributed by atoms with Crippen molar-refractivity contribution in [2.24, 2.45) is 11.8 Å². The predicted octanol–water partition coefficient (Wildman–Crippen LogP) is 3.67. The topological polar surface area (TPSA) is 15.3 Å². The minimum Gasteiger partial charge on any atom is -0.316 e. The molecule has 2 fully saturated rings. The molecule has 0 radical (unpaired) electrons. The van der Waals surface area contributed by atoms with Crippen LogP contribution in [0.1, 0.15) is 64.7 Å². The molecule has 0 amide bonds. The van der Waals surface area contributed by atoms with Gasteiger partial charge in [-0.1, -0.05) is 39.0 Å². The Hall–Kier alpha value is -0.0800. The molecule has 2 heteroatoms. The first kappa shape index (κ1) is 15.3. The van der Waals surface area contributed by atoms with Crippen molar-refractivity contribution in [2.45, 2.75) is 64.7 Å². The molecule has 1 unspecified atom stereocenters. The Kier molecular flexibility index (Phi) is 7.23. The maximum Gasteiger partial charge on any atom is 0.00218 e. The van der Waals surface area contributed by atoms with Crippen LogP contribution in [0.2, 0.25) is 0 Å². The summed E-state index contributed by atoms with van der Waals surface area (Å²) in [4.78, 5) is 2.76. The van der Waals surface area contributed by atoms with Crippen LogP contribution in [0.5, 0.6) is 0 Å². The van der Waals surface area contributed by atoms with Crippen molar-refractivity contribution in [3.63, 3.8) is 0 Å². The molecular weight excluding hydrogens is 232 g/mol. The molecule has 1 saturated heterocycles. The number of piperidine rings is 1. The van der Waals surface area contributed by atoms with Crippen LogP contribution in [0.3, 0.4) is 0 Å². The Morgan fingerprint density at radius 1 is 0.947 bits per heavy atom. The van der Waals surface area contributed by atoms with Crippen molar-refractivity contribution >= 4 is 0 Å². The highest BCUT2D eigenvalue weighted by Gasteiger charge is 2.18. The van der Waals surface area contributed by atoms with Gasteiger partial charge in [-0.3, -0.25) is 0 Å². The zero-order chi connectivity index (χ0) is 13.3. The highest BCUT2D eigenvalue weighted by Crippen LogP contribution is 2.26. The average molecular weight is 266 g/mol. The fourth-order valence-electron chi connectivity index (χ4n) is 3.90. The normalized spacial score (nSPS) is 25.9. The van der Waals surface area contributed by atoms with Gasteiger partial charge >= 0.3 is 0 Å². The quantitative estimate of drug-likeness (QED) is 0.756. The van der Waals surface area contributed by atoms with Gasteiger partial charge in [-0.2, -0.15) is 0 Å². The van der Waals surface area contributed by atoms with Crippen LogP contribution >= 0.6 is 0 Å². The van der Waals surface area contributed by atoms with Gasteiger partial charge in [0, 0.05) is 6.54 Å². The lowest BCUT2D eigenvalue weighted by Crippen LogP contribution is -2.39. The van der Waals surface area contributed by atoms with E-state index in [9.17, 15) is 0 Å².